The summed E-state index contributed by atoms with van der Waals surface area (Å²) in [6.45, 7) is 1.44. The van der Waals surface area contributed by atoms with Crippen LogP contribution in [0.25, 0.3) is 0 Å². The minimum absolute atomic E-state index is 0.0153. The fraction of sp³-hybridized carbons (Fsp3) is 0.188. The highest BCUT2D eigenvalue weighted by Gasteiger charge is 2.22. The Morgan fingerprint density at radius 3 is 2.33 bits per heavy atom. The number of anilines is 1. The first kappa shape index (κ1) is 21.0. The van der Waals surface area contributed by atoms with Crippen LogP contribution in [-0.4, -0.2) is 37.6 Å². The SMILES string of the molecule is Cc1c(Cl)cc(S(=O)(=O)Nc2ccc(SC(=O)N(C)C)cc2)cc1[N+](=O)[O-]. The van der Waals surface area contributed by atoms with Crippen molar-refractivity contribution in [1.29, 1.82) is 0 Å². The Labute approximate surface area is 165 Å². The zero-order chi connectivity index (χ0) is 20.4. The average molecular weight is 430 g/mol. The third-order valence-electron chi connectivity index (χ3n) is 3.47. The van der Waals surface area contributed by atoms with Crippen molar-refractivity contribution in [3.8, 4) is 0 Å². The van der Waals surface area contributed by atoms with Crippen molar-refractivity contribution in [2.75, 3.05) is 18.8 Å². The number of nitrogens with one attached hydrogen (secondary N) is 1. The van der Waals surface area contributed by atoms with Crippen molar-refractivity contribution in [2.24, 2.45) is 0 Å². The van der Waals surface area contributed by atoms with Crippen LogP contribution in [0.3, 0.4) is 0 Å². The molecule has 0 bridgehead atoms. The molecule has 27 heavy (non-hydrogen) atoms. The van der Waals surface area contributed by atoms with E-state index in [0.29, 0.717) is 4.90 Å². The van der Waals surface area contributed by atoms with E-state index in [9.17, 15) is 23.3 Å². The number of benzene rings is 2. The van der Waals surface area contributed by atoms with Gasteiger partial charge in [0.1, 0.15) is 0 Å². The van der Waals surface area contributed by atoms with Crippen LogP contribution in [0.2, 0.25) is 5.02 Å². The molecule has 0 aromatic heterocycles. The van der Waals surface area contributed by atoms with E-state index >= 15 is 0 Å². The van der Waals surface area contributed by atoms with Crippen LogP contribution in [0.4, 0.5) is 16.2 Å². The van der Waals surface area contributed by atoms with E-state index in [1.54, 1.807) is 26.2 Å². The Morgan fingerprint density at radius 1 is 1.22 bits per heavy atom. The van der Waals surface area contributed by atoms with Gasteiger partial charge in [0.05, 0.1) is 14.8 Å². The van der Waals surface area contributed by atoms with Gasteiger partial charge >= 0.3 is 0 Å². The van der Waals surface area contributed by atoms with Gasteiger partial charge in [-0.05, 0) is 49.0 Å². The van der Waals surface area contributed by atoms with E-state index in [4.69, 9.17) is 11.6 Å². The molecule has 2 aromatic rings. The summed E-state index contributed by atoms with van der Waals surface area (Å²) < 4.78 is 27.4. The molecule has 0 aliphatic heterocycles. The lowest BCUT2D eigenvalue weighted by Gasteiger charge is -2.11. The monoisotopic (exact) mass is 429 g/mol. The van der Waals surface area contributed by atoms with Gasteiger partial charge in [-0.25, -0.2) is 8.42 Å². The smallest absolute Gasteiger partial charge is 0.285 e. The summed E-state index contributed by atoms with van der Waals surface area (Å²) in [4.78, 5) is 23.8. The van der Waals surface area contributed by atoms with Crippen LogP contribution in [0, 0.1) is 17.0 Å². The van der Waals surface area contributed by atoms with E-state index in [0.717, 1.165) is 23.9 Å². The number of nitro groups is 1. The molecule has 0 fully saturated rings. The molecule has 0 saturated carbocycles. The molecule has 0 atom stereocenters. The van der Waals surface area contributed by atoms with E-state index in [-0.39, 0.29) is 32.1 Å². The van der Waals surface area contributed by atoms with Gasteiger partial charge in [-0.2, -0.15) is 0 Å². The predicted molar refractivity (Wildman–Crippen MR) is 105 cm³/mol. The number of rotatable bonds is 5. The molecular weight excluding hydrogens is 414 g/mol. The van der Waals surface area contributed by atoms with E-state index in [1.807, 2.05) is 0 Å². The largest absolute Gasteiger partial charge is 0.339 e. The molecule has 8 nitrogen and oxygen atoms in total. The van der Waals surface area contributed by atoms with E-state index in [1.165, 1.54) is 24.0 Å². The Balaban J connectivity index is 2.26. The highest BCUT2D eigenvalue weighted by Crippen LogP contribution is 2.30. The minimum Gasteiger partial charge on any atom is -0.339 e. The van der Waals surface area contributed by atoms with Crippen LogP contribution >= 0.6 is 23.4 Å². The van der Waals surface area contributed by atoms with Crippen molar-refractivity contribution in [3.63, 3.8) is 0 Å². The second-order valence-electron chi connectivity index (χ2n) is 5.70. The maximum absolute atomic E-state index is 12.5. The third-order valence-corrected chi connectivity index (χ3v) is 6.28. The number of amides is 1. The van der Waals surface area contributed by atoms with E-state index in [2.05, 4.69) is 4.72 Å². The molecule has 1 amide bonds. The molecule has 0 heterocycles. The van der Waals surface area contributed by atoms with Crippen LogP contribution in [0.1, 0.15) is 5.56 Å². The molecule has 0 unspecified atom stereocenters. The highest BCUT2D eigenvalue weighted by molar-refractivity contribution is 8.13. The number of halogens is 1. The Kier molecular flexibility index (Phi) is 6.34. The van der Waals surface area contributed by atoms with Gasteiger partial charge in [0.25, 0.3) is 20.9 Å². The summed E-state index contributed by atoms with van der Waals surface area (Å²) in [5.74, 6) is 0. The number of hydrogen-bond donors (Lipinski definition) is 1. The zero-order valence-corrected chi connectivity index (χ0v) is 17.0. The lowest BCUT2D eigenvalue weighted by Crippen LogP contribution is -2.16. The van der Waals surface area contributed by atoms with Gasteiger partial charge < -0.3 is 4.90 Å². The zero-order valence-electron chi connectivity index (χ0n) is 14.6. The summed E-state index contributed by atoms with van der Waals surface area (Å²) in [6, 6.07) is 8.29. The van der Waals surface area contributed by atoms with Crippen molar-refractivity contribution < 1.29 is 18.1 Å². The van der Waals surface area contributed by atoms with Crippen molar-refractivity contribution in [2.45, 2.75) is 16.7 Å². The van der Waals surface area contributed by atoms with Crippen molar-refractivity contribution in [1.82, 2.24) is 4.90 Å². The number of hydrogen-bond acceptors (Lipinski definition) is 6. The second kappa shape index (κ2) is 8.15. The summed E-state index contributed by atoms with van der Waals surface area (Å²) >= 11 is 6.93. The molecule has 11 heteroatoms. The second-order valence-corrected chi connectivity index (χ2v) is 8.81. The Morgan fingerprint density at radius 2 is 1.81 bits per heavy atom. The number of nitro benzene ring substituents is 1. The van der Waals surface area contributed by atoms with Crippen LogP contribution < -0.4 is 4.72 Å². The molecule has 144 valence electrons. The summed E-state index contributed by atoms with van der Waals surface area (Å²) in [7, 11) is -0.821. The number of sulfonamides is 1. The Hall–Kier alpha value is -2.30. The van der Waals surface area contributed by atoms with Crippen molar-refractivity contribution in [3.05, 3.63) is 57.1 Å². The minimum atomic E-state index is -4.08. The van der Waals surface area contributed by atoms with Gasteiger partial charge in [0.2, 0.25) is 0 Å². The van der Waals surface area contributed by atoms with Gasteiger partial charge in [-0.15, -0.1) is 0 Å². The average Bonchev–Trinajstić information content (AvgIpc) is 2.58. The third kappa shape index (κ3) is 5.12. The standard InChI is InChI=1S/C16H16ClN3O5S2/c1-10-14(17)8-13(9-15(10)20(22)23)27(24,25)18-11-4-6-12(7-5-11)26-16(21)19(2)3/h4-9,18H,1-3H3. The van der Waals surface area contributed by atoms with Crippen LogP contribution in [0.15, 0.2) is 46.2 Å². The highest BCUT2D eigenvalue weighted by atomic mass is 35.5. The predicted octanol–water partition coefficient (Wildman–Crippen LogP) is 4.13. The van der Waals surface area contributed by atoms with Crippen molar-refractivity contribution >= 4 is 50.0 Å². The van der Waals surface area contributed by atoms with Gasteiger partial charge in [0.15, 0.2) is 0 Å². The molecule has 0 aliphatic rings. The Bertz CT molecular complexity index is 992. The normalized spacial score (nSPS) is 11.1. The van der Waals surface area contributed by atoms with E-state index < -0.39 is 14.9 Å². The summed E-state index contributed by atoms with van der Waals surface area (Å²) in [6.07, 6.45) is 0. The quantitative estimate of drug-likeness (QED) is 0.434. The maximum atomic E-state index is 12.5. The van der Waals surface area contributed by atoms with Crippen LogP contribution in [0.5, 0.6) is 0 Å². The molecule has 0 spiro atoms. The number of nitrogens with zero attached hydrogens (tertiary/aromatic N) is 2. The molecular formula is C16H16ClN3O5S2. The van der Waals surface area contributed by atoms with Gasteiger partial charge in [-0.3, -0.25) is 19.6 Å². The lowest BCUT2D eigenvalue weighted by molar-refractivity contribution is -0.385. The summed E-state index contributed by atoms with van der Waals surface area (Å²) in [5, 5.41) is 10.9. The lowest BCUT2D eigenvalue weighted by atomic mass is 10.2. The van der Waals surface area contributed by atoms with Gasteiger partial charge in [-0.1, -0.05) is 11.6 Å². The molecule has 1 N–H and O–H groups in total. The first-order valence-corrected chi connectivity index (χ1v) is 10.2. The topological polar surface area (TPSA) is 110 Å². The molecule has 0 aliphatic carbocycles. The first-order chi connectivity index (χ1) is 12.5. The van der Waals surface area contributed by atoms with Crippen LogP contribution in [-0.2, 0) is 10.0 Å². The number of thioether (sulfide) groups is 1. The molecule has 0 radical (unpaired) electrons. The fourth-order valence-corrected chi connectivity index (χ4v) is 4.02. The fourth-order valence-electron chi connectivity index (χ4n) is 1.98. The molecule has 2 rings (SSSR count). The first-order valence-electron chi connectivity index (χ1n) is 7.48. The molecule has 0 saturated heterocycles. The summed E-state index contributed by atoms with van der Waals surface area (Å²) in [5.41, 5.74) is 0.0559. The number of carbonyl (C=O) groups excluding carboxylic acids is 1. The molecule has 2 aromatic carbocycles. The van der Waals surface area contributed by atoms with Gasteiger partial charge in [0, 0.05) is 36.3 Å². The maximum Gasteiger partial charge on any atom is 0.285 e. The number of carbonyl (C=O) groups is 1.